The van der Waals surface area contributed by atoms with E-state index in [-0.39, 0.29) is 0 Å². The van der Waals surface area contributed by atoms with Crippen LogP contribution >= 0.6 is 0 Å². The van der Waals surface area contributed by atoms with Crippen molar-refractivity contribution in [3.8, 4) is 11.8 Å². The van der Waals surface area contributed by atoms with Crippen molar-refractivity contribution in [1.82, 2.24) is 0 Å². The first-order valence-corrected chi connectivity index (χ1v) is 6.81. The number of rotatable bonds is 4. The minimum atomic E-state index is 0.357. The third-order valence-corrected chi connectivity index (χ3v) is 3.54. The average molecular weight is 277 g/mol. The monoisotopic (exact) mass is 277 g/mol. The second-order valence-corrected chi connectivity index (χ2v) is 4.86. The lowest BCUT2D eigenvalue weighted by Gasteiger charge is -2.04. The van der Waals surface area contributed by atoms with Gasteiger partial charge >= 0.3 is 0 Å². The number of nitrogens with zero attached hydrogens (tertiary/aromatic N) is 1. The standard InChI is InChI=1S/C18H15NO2/c1-20-14-6-4-5-13(11-14)12-18-16(9-10-19)15-7-2-3-8-17(15)21-18/h2-8,11H,9,12H2,1H3. The highest BCUT2D eigenvalue weighted by Crippen LogP contribution is 2.28. The van der Waals surface area contributed by atoms with Crippen molar-refractivity contribution in [2.75, 3.05) is 7.11 Å². The number of nitriles is 1. The van der Waals surface area contributed by atoms with Crippen LogP contribution in [0.25, 0.3) is 11.0 Å². The van der Waals surface area contributed by atoms with Crippen LogP contribution in [0.2, 0.25) is 0 Å². The van der Waals surface area contributed by atoms with Crippen LogP contribution in [0.4, 0.5) is 0 Å². The molecule has 3 aromatic rings. The Morgan fingerprint density at radius 2 is 2.00 bits per heavy atom. The fourth-order valence-corrected chi connectivity index (χ4v) is 2.53. The first kappa shape index (κ1) is 13.3. The molecule has 0 aliphatic heterocycles. The quantitative estimate of drug-likeness (QED) is 0.721. The maximum atomic E-state index is 9.06. The van der Waals surface area contributed by atoms with Gasteiger partial charge in [-0.25, -0.2) is 0 Å². The molecule has 0 saturated carbocycles. The smallest absolute Gasteiger partial charge is 0.134 e. The van der Waals surface area contributed by atoms with Crippen LogP contribution in [0.15, 0.2) is 52.9 Å². The van der Waals surface area contributed by atoms with E-state index in [9.17, 15) is 0 Å². The Morgan fingerprint density at radius 3 is 2.81 bits per heavy atom. The molecule has 1 heterocycles. The molecule has 0 fully saturated rings. The largest absolute Gasteiger partial charge is 0.497 e. The third-order valence-electron chi connectivity index (χ3n) is 3.54. The minimum Gasteiger partial charge on any atom is -0.497 e. The fraction of sp³-hybridized carbons (Fsp3) is 0.167. The number of methoxy groups -OCH3 is 1. The van der Waals surface area contributed by atoms with Gasteiger partial charge in [0.25, 0.3) is 0 Å². The zero-order chi connectivity index (χ0) is 14.7. The highest BCUT2D eigenvalue weighted by Gasteiger charge is 2.14. The summed E-state index contributed by atoms with van der Waals surface area (Å²) in [6, 6.07) is 18.0. The minimum absolute atomic E-state index is 0.357. The van der Waals surface area contributed by atoms with Crippen LogP contribution in [0.5, 0.6) is 5.75 Å². The molecule has 21 heavy (non-hydrogen) atoms. The van der Waals surface area contributed by atoms with Gasteiger partial charge in [0.2, 0.25) is 0 Å². The predicted molar refractivity (Wildman–Crippen MR) is 81.3 cm³/mol. The van der Waals surface area contributed by atoms with E-state index in [4.69, 9.17) is 14.4 Å². The Labute approximate surface area is 123 Å². The van der Waals surface area contributed by atoms with Crippen molar-refractivity contribution in [2.45, 2.75) is 12.8 Å². The van der Waals surface area contributed by atoms with Crippen molar-refractivity contribution in [2.24, 2.45) is 0 Å². The van der Waals surface area contributed by atoms with Gasteiger partial charge in [-0.1, -0.05) is 30.3 Å². The van der Waals surface area contributed by atoms with Crippen molar-refractivity contribution >= 4 is 11.0 Å². The molecule has 1 aromatic heterocycles. The Balaban J connectivity index is 2.03. The van der Waals surface area contributed by atoms with Crippen molar-refractivity contribution in [3.05, 3.63) is 65.4 Å². The number of hydrogen-bond donors (Lipinski definition) is 0. The van der Waals surface area contributed by atoms with E-state index in [0.29, 0.717) is 12.8 Å². The molecule has 0 unspecified atom stereocenters. The van der Waals surface area contributed by atoms with Crippen LogP contribution in [-0.4, -0.2) is 7.11 Å². The molecular weight excluding hydrogens is 262 g/mol. The van der Waals surface area contributed by atoms with E-state index < -0.39 is 0 Å². The normalized spacial score (nSPS) is 10.5. The summed E-state index contributed by atoms with van der Waals surface area (Å²) in [7, 11) is 1.65. The van der Waals surface area contributed by atoms with Gasteiger partial charge in [0.1, 0.15) is 17.1 Å². The summed E-state index contributed by atoms with van der Waals surface area (Å²) in [5.41, 5.74) is 2.92. The average Bonchev–Trinajstić information content (AvgIpc) is 2.86. The van der Waals surface area contributed by atoms with Gasteiger partial charge < -0.3 is 9.15 Å². The van der Waals surface area contributed by atoms with E-state index in [0.717, 1.165) is 33.6 Å². The summed E-state index contributed by atoms with van der Waals surface area (Å²) in [5.74, 6) is 1.68. The first-order valence-electron chi connectivity index (χ1n) is 6.81. The van der Waals surface area contributed by atoms with E-state index in [1.165, 1.54) is 0 Å². The lowest BCUT2D eigenvalue weighted by molar-refractivity contribution is 0.414. The van der Waals surface area contributed by atoms with E-state index in [1.807, 2.05) is 48.5 Å². The summed E-state index contributed by atoms with van der Waals surface area (Å²) < 4.78 is 11.2. The number of hydrogen-bond acceptors (Lipinski definition) is 3. The lowest BCUT2D eigenvalue weighted by Crippen LogP contribution is -1.92. The summed E-state index contributed by atoms with van der Waals surface area (Å²) in [6.07, 6.45) is 1.01. The van der Waals surface area contributed by atoms with Crippen molar-refractivity contribution in [1.29, 1.82) is 5.26 Å². The second-order valence-electron chi connectivity index (χ2n) is 4.86. The van der Waals surface area contributed by atoms with Gasteiger partial charge in [0, 0.05) is 17.4 Å². The molecule has 0 N–H and O–H groups in total. The van der Waals surface area contributed by atoms with Crippen LogP contribution in [0.3, 0.4) is 0 Å². The zero-order valence-electron chi connectivity index (χ0n) is 11.8. The molecule has 0 amide bonds. The third kappa shape index (κ3) is 2.61. The molecule has 3 heteroatoms. The molecule has 0 bridgehead atoms. The van der Waals surface area contributed by atoms with Gasteiger partial charge in [-0.3, -0.25) is 0 Å². The van der Waals surface area contributed by atoms with Crippen LogP contribution < -0.4 is 4.74 Å². The maximum Gasteiger partial charge on any atom is 0.134 e. The first-order chi connectivity index (χ1) is 10.3. The molecule has 0 aliphatic rings. The molecule has 0 radical (unpaired) electrons. The number of benzene rings is 2. The Morgan fingerprint density at radius 1 is 1.14 bits per heavy atom. The van der Waals surface area contributed by atoms with Gasteiger partial charge in [0.05, 0.1) is 19.6 Å². The summed E-state index contributed by atoms with van der Waals surface area (Å²) in [5, 5.41) is 10.1. The maximum absolute atomic E-state index is 9.06. The van der Waals surface area contributed by atoms with Gasteiger partial charge in [-0.05, 0) is 23.8 Å². The fourth-order valence-electron chi connectivity index (χ4n) is 2.53. The van der Waals surface area contributed by atoms with Crippen LogP contribution in [0.1, 0.15) is 16.9 Å². The van der Waals surface area contributed by atoms with Gasteiger partial charge in [0.15, 0.2) is 0 Å². The highest BCUT2D eigenvalue weighted by molar-refractivity contribution is 5.82. The van der Waals surface area contributed by atoms with Gasteiger partial charge in [-0.2, -0.15) is 5.26 Å². The number of fused-ring (bicyclic) bond motifs is 1. The molecule has 104 valence electrons. The summed E-state index contributed by atoms with van der Waals surface area (Å²) >= 11 is 0. The molecular formula is C18H15NO2. The topological polar surface area (TPSA) is 46.2 Å². The molecule has 0 aliphatic carbocycles. The van der Waals surface area contributed by atoms with Crippen LogP contribution in [0, 0.1) is 11.3 Å². The van der Waals surface area contributed by atoms with E-state index >= 15 is 0 Å². The Kier molecular flexibility index (Phi) is 3.61. The highest BCUT2D eigenvalue weighted by atomic mass is 16.5. The van der Waals surface area contributed by atoms with E-state index in [1.54, 1.807) is 7.11 Å². The molecule has 3 nitrogen and oxygen atoms in total. The molecule has 0 saturated heterocycles. The number of furan rings is 1. The van der Waals surface area contributed by atoms with Crippen molar-refractivity contribution in [3.63, 3.8) is 0 Å². The van der Waals surface area contributed by atoms with Crippen LogP contribution in [-0.2, 0) is 12.8 Å². The van der Waals surface area contributed by atoms with E-state index in [2.05, 4.69) is 6.07 Å². The number of para-hydroxylation sites is 1. The molecule has 0 atom stereocenters. The molecule has 2 aromatic carbocycles. The number of ether oxygens (including phenoxy) is 1. The SMILES string of the molecule is COc1cccc(Cc2oc3ccccc3c2CC#N)c1. The lowest BCUT2D eigenvalue weighted by atomic mass is 10.0. The molecule has 0 spiro atoms. The Bertz CT molecular complexity index is 811. The zero-order valence-corrected chi connectivity index (χ0v) is 11.8. The van der Waals surface area contributed by atoms with Gasteiger partial charge in [-0.15, -0.1) is 0 Å². The van der Waals surface area contributed by atoms with Crippen molar-refractivity contribution < 1.29 is 9.15 Å². The molecule has 3 rings (SSSR count). The Hall–Kier alpha value is -2.73. The predicted octanol–water partition coefficient (Wildman–Crippen LogP) is 4.10. The summed E-state index contributed by atoms with van der Waals surface area (Å²) in [4.78, 5) is 0. The second kappa shape index (κ2) is 5.72. The summed E-state index contributed by atoms with van der Waals surface area (Å²) in [6.45, 7) is 0.